The average molecular weight is 641 g/mol. The SMILES string of the molecule is CCOC(=O)C1=C(C(F)(F)F)NC(C(F)(F)F)=C(C(=O)OCC(C)N2C(=O)c3ccccc3C2=O)C1c1cccc([N+](=O)[O-])c1. The summed E-state index contributed by atoms with van der Waals surface area (Å²) in [6.45, 7) is 1.00. The third-order valence-corrected chi connectivity index (χ3v) is 6.78. The van der Waals surface area contributed by atoms with Crippen molar-refractivity contribution in [3.05, 3.63) is 97.9 Å². The maximum Gasteiger partial charge on any atom is 0.431 e. The Labute approximate surface area is 249 Å². The summed E-state index contributed by atoms with van der Waals surface area (Å²) in [6.07, 6.45) is -11.3. The summed E-state index contributed by atoms with van der Waals surface area (Å²) < 4.78 is 95.3. The number of hydrogen-bond acceptors (Lipinski definition) is 9. The number of carbonyl (C=O) groups is 4. The number of non-ortho nitro benzene ring substituents is 1. The van der Waals surface area contributed by atoms with Crippen LogP contribution in [0, 0.1) is 10.1 Å². The van der Waals surface area contributed by atoms with Crippen LogP contribution in [-0.4, -0.2) is 65.2 Å². The molecular formula is C28H21F6N3O8. The van der Waals surface area contributed by atoms with Crippen LogP contribution in [0.15, 0.2) is 71.1 Å². The molecule has 0 fully saturated rings. The molecule has 4 rings (SSSR count). The zero-order valence-corrected chi connectivity index (χ0v) is 23.1. The summed E-state index contributed by atoms with van der Waals surface area (Å²) in [7, 11) is 0. The number of dihydropyridines is 1. The second kappa shape index (κ2) is 12.0. The molecule has 1 N–H and O–H groups in total. The van der Waals surface area contributed by atoms with Gasteiger partial charge in [-0.2, -0.15) is 26.3 Å². The fourth-order valence-corrected chi connectivity index (χ4v) is 4.90. The molecule has 2 unspecified atom stereocenters. The number of esters is 2. The lowest BCUT2D eigenvalue weighted by molar-refractivity contribution is -0.384. The summed E-state index contributed by atoms with van der Waals surface area (Å²) in [5.74, 6) is -7.76. The van der Waals surface area contributed by atoms with Crippen LogP contribution in [-0.2, 0) is 19.1 Å². The number of nitrogens with one attached hydrogen (secondary N) is 1. The highest BCUT2D eigenvalue weighted by atomic mass is 19.4. The Balaban J connectivity index is 1.83. The highest BCUT2D eigenvalue weighted by Crippen LogP contribution is 2.47. The number of amides is 2. The Hall–Kier alpha value is -5.22. The van der Waals surface area contributed by atoms with Crippen molar-refractivity contribution >= 4 is 29.4 Å². The van der Waals surface area contributed by atoms with Crippen LogP contribution in [0.2, 0.25) is 0 Å². The minimum atomic E-state index is -5.68. The second-order valence-electron chi connectivity index (χ2n) is 9.68. The number of alkyl halides is 6. The van der Waals surface area contributed by atoms with Crippen LogP contribution in [0.3, 0.4) is 0 Å². The van der Waals surface area contributed by atoms with Crippen molar-refractivity contribution in [2.75, 3.05) is 13.2 Å². The van der Waals surface area contributed by atoms with Crippen molar-refractivity contribution in [2.24, 2.45) is 0 Å². The second-order valence-corrected chi connectivity index (χ2v) is 9.68. The van der Waals surface area contributed by atoms with Crippen LogP contribution in [0.1, 0.15) is 46.0 Å². The molecule has 0 aliphatic carbocycles. The van der Waals surface area contributed by atoms with Gasteiger partial charge in [0.1, 0.15) is 18.0 Å². The van der Waals surface area contributed by atoms with Gasteiger partial charge in [-0.1, -0.05) is 24.3 Å². The first kappa shape index (κ1) is 32.7. The standard InChI is InChI=1S/C28H21F6N3O8/c1-3-44-25(40)19-18(14-7-6-8-15(11-14)37(42)43)20(22(28(32,33)34)35-21(19)27(29,30)31)26(41)45-12-13(2)36-23(38)16-9-4-5-10-17(16)24(36)39/h4-11,13,18,35H,3,12H2,1-2H3. The third kappa shape index (κ3) is 6.23. The zero-order chi connectivity index (χ0) is 33.4. The predicted octanol–water partition coefficient (Wildman–Crippen LogP) is 4.71. The molecule has 0 saturated heterocycles. The summed E-state index contributed by atoms with van der Waals surface area (Å²) >= 11 is 0. The van der Waals surface area contributed by atoms with Gasteiger partial charge >= 0.3 is 24.3 Å². The molecule has 11 nitrogen and oxygen atoms in total. The van der Waals surface area contributed by atoms with E-state index in [0.717, 1.165) is 23.5 Å². The molecule has 17 heteroatoms. The Kier molecular flexibility index (Phi) is 8.75. The molecule has 238 valence electrons. The number of halogens is 6. The van der Waals surface area contributed by atoms with Crippen LogP contribution in [0.5, 0.6) is 0 Å². The van der Waals surface area contributed by atoms with E-state index in [1.54, 1.807) is 0 Å². The smallest absolute Gasteiger partial charge is 0.431 e. The molecule has 0 spiro atoms. The van der Waals surface area contributed by atoms with Gasteiger partial charge in [-0.3, -0.25) is 24.6 Å². The van der Waals surface area contributed by atoms with Crippen molar-refractivity contribution in [2.45, 2.75) is 38.2 Å². The lowest BCUT2D eigenvalue weighted by Gasteiger charge is -2.33. The van der Waals surface area contributed by atoms with E-state index in [-0.39, 0.29) is 11.1 Å². The number of nitro groups is 1. The normalized spacial score (nSPS) is 17.6. The molecule has 2 aromatic rings. The zero-order valence-electron chi connectivity index (χ0n) is 23.1. The molecule has 2 aromatic carbocycles. The van der Waals surface area contributed by atoms with Crippen molar-refractivity contribution in [1.82, 2.24) is 10.2 Å². The van der Waals surface area contributed by atoms with Crippen LogP contribution in [0.4, 0.5) is 32.0 Å². The first-order valence-corrected chi connectivity index (χ1v) is 12.9. The minimum Gasteiger partial charge on any atom is -0.463 e. The molecule has 0 bridgehead atoms. The van der Waals surface area contributed by atoms with Gasteiger partial charge in [-0.05, 0) is 31.5 Å². The molecule has 2 atom stereocenters. The number of imide groups is 1. The van der Waals surface area contributed by atoms with Crippen molar-refractivity contribution in [3.63, 3.8) is 0 Å². The summed E-state index contributed by atoms with van der Waals surface area (Å²) in [5, 5.41) is 12.5. The number of nitrogens with zero attached hydrogens (tertiary/aromatic N) is 2. The van der Waals surface area contributed by atoms with Crippen LogP contribution in [0.25, 0.3) is 0 Å². The van der Waals surface area contributed by atoms with E-state index in [4.69, 9.17) is 9.47 Å². The number of rotatable bonds is 8. The van der Waals surface area contributed by atoms with Gasteiger partial charge in [0.05, 0.1) is 45.8 Å². The lowest BCUT2D eigenvalue weighted by atomic mass is 9.79. The average Bonchev–Trinajstić information content (AvgIpc) is 3.23. The van der Waals surface area contributed by atoms with Gasteiger partial charge in [-0.15, -0.1) is 0 Å². The number of benzene rings is 2. The molecule has 0 saturated carbocycles. The van der Waals surface area contributed by atoms with Crippen molar-refractivity contribution in [3.8, 4) is 0 Å². The number of allylic oxidation sites excluding steroid dienone is 2. The van der Waals surface area contributed by atoms with Crippen LogP contribution < -0.4 is 5.32 Å². The fraction of sp³-hybridized carbons (Fsp3) is 0.286. The molecular weight excluding hydrogens is 620 g/mol. The predicted molar refractivity (Wildman–Crippen MR) is 139 cm³/mol. The van der Waals surface area contributed by atoms with E-state index in [1.165, 1.54) is 38.1 Å². The Morgan fingerprint density at radius 2 is 1.42 bits per heavy atom. The highest BCUT2D eigenvalue weighted by Gasteiger charge is 2.53. The highest BCUT2D eigenvalue weighted by molar-refractivity contribution is 6.21. The topological polar surface area (TPSA) is 145 Å². The molecule has 0 aromatic heterocycles. The number of fused-ring (bicyclic) bond motifs is 1. The fourth-order valence-electron chi connectivity index (χ4n) is 4.90. The largest absolute Gasteiger partial charge is 0.463 e. The first-order valence-electron chi connectivity index (χ1n) is 12.9. The maximum atomic E-state index is 14.3. The third-order valence-electron chi connectivity index (χ3n) is 6.78. The van der Waals surface area contributed by atoms with Gasteiger partial charge in [0, 0.05) is 12.1 Å². The van der Waals surface area contributed by atoms with E-state index in [1.807, 2.05) is 0 Å². The van der Waals surface area contributed by atoms with Crippen molar-refractivity contribution in [1.29, 1.82) is 0 Å². The minimum absolute atomic E-state index is 0.0221. The number of nitro benzene ring substituents is 1. The van der Waals surface area contributed by atoms with Gasteiger partial charge in [0.2, 0.25) is 0 Å². The Morgan fingerprint density at radius 1 is 0.911 bits per heavy atom. The first-order chi connectivity index (χ1) is 21.0. The lowest BCUT2D eigenvalue weighted by Crippen LogP contribution is -2.44. The molecule has 0 radical (unpaired) electrons. The summed E-state index contributed by atoms with van der Waals surface area (Å²) in [5.41, 5.74) is -8.89. The van der Waals surface area contributed by atoms with Crippen molar-refractivity contribution < 1.29 is 59.9 Å². The summed E-state index contributed by atoms with van der Waals surface area (Å²) in [6, 6.07) is 7.72. The Bertz CT molecular complexity index is 1630. The summed E-state index contributed by atoms with van der Waals surface area (Å²) in [4.78, 5) is 63.1. The van der Waals surface area contributed by atoms with Gasteiger partial charge in [0.15, 0.2) is 0 Å². The quantitative estimate of drug-likeness (QED) is 0.143. The van der Waals surface area contributed by atoms with Gasteiger partial charge in [0.25, 0.3) is 17.5 Å². The van der Waals surface area contributed by atoms with E-state index in [9.17, 15) is 55.6 Å². The molecule has 2 amide bonds. The molecule has 2 heterocycles. The van der Waals surface area contributed by atoms with Crippen LogP contribution >= 0.6 is 0 Å². The molecule has 45 heavy (non-hydrogen) atoms. The van der Waals surface area contributed by atoms with Gasteiger partial charge < -0.3 is 14.8 Å². The van der Waals surface area contributed by atoms with E-state index >= 15 is 0 Å². The maximum absolute atomic E-state index is 14.3. The number of hydrogen-bond donors (Lipinski definition) is 1. The van der Waals surface area contributed by atoms with Gasteiger partial charge in [-0.25, -0.2) is 9.59 Å². The van der Waals surface area contributed by atoms with E-state index in [0.29, 0.717) is 11.0 Å². The molecule has 2 aliphatic rings. The van der Waals surface area contributed by atoms with E-state index < -0.39 is 100.0 Å². The number of ether oxygens (including phenoxy) is 2. The monoisotopic (exact) mass is 641 g/mol. The Morgan fingerprint density at radius 3 is 1.89 bits per heavy atom. The molecule has 2 aliphatic heterocycles. The van der Waals surface area contributed by atoms with E-state index in [2.05, 4.69) is 0 Å². The number of carbonyl (C=O) groups excluding carboxylic acids is 4.